The highest BCUT2D eigenvalue weighted by atomic mass is 127. The van der Waals surface area contributed by atoms with E-state index in [-0.39, 0.29) is 29.8 Å². The molecule has 2 saturated heterocycles. The number of halogens is 2. The van der Waals surface area contributed by atoms with Gasteiger partial charge in [0, 0.05) is 26.2 Å². The van der Waals surface area contributed by atoms with Gasteiger partial charge in [0.15, 0.2) is 5.96 Å². The second-order valence-electron chi connectivity index (χ2n) is 5.66. The first-order valence-corrected chi connectivity index (χ1v) is 7.98. The van der Waals surface area contributed by atoms with Gasteiger partial charge in [-0.15, -0.1) is 24.0 Å². The summed E-state index contributed by atoms with van der Waals surface area (Å²) in [6, 6.07) is 5.27. The molecule has 0 amide bonds. The molecule has 134 valence electrons. The first kappa shape index (κ1) is 19.2. The summed E-state index contributed by atoms with van der Waals surface area (Å²) in [4.78, 5) is 8.36. The predicted molar refractivity (Wildman–Crippen MR) is 103 cm³/mol. The van der Waals surface area contributed by atoms with Crippen molar-refractivity contribution in [2.45, 2.75) is 6.54 Å². The number of guanidine groups is 1. The molecule has 0 atom stereocenters. The second-order valence-corrected chi connectivity index (χ2v) is 5.66. The Hall–Kier alpha value is -1.13. The van der Waals surface area contributed by atoms with Crippen LogP contribution in [0.15, 0.2) is 23.2 Å². The maximum absolute atomic E-state index is 14.3. The molecule has 3 rings (SSSR count). The van der Waals surface area contributed by atoms with Crippen molar-refractivity contribution in [1.29, 1.82) is 0 Å². The van der Waals surface area contributed by atoms with Crippen LogP contribution in [0.1, 0.15) is 5.56 Å². The number of hydrogen-bond acceptors (Lipinski definition) is 4. The highest BCUT2D eigenvalue weighted by Gasteiger charge is 2.15. The van der Waals surface area contributed by atoms with Crippen LogP contribution in [0.4, 0.5) is 10.1 Å². The standard InChI is InChI=1S/C16H23FN4O2.HI/c17-14-11-13(1-2-15(14)20-3-7-22-8-4-20)12-19-16(18)21-5-9-23-10-6-21;/h1-2,11H,3-10,12H2,(H2,18,19);1H. The smallest absolute Gasteiger partial charge is 0.191 e. The van der Waals surface area contributed by atoms with Gasteiger partial charge in [-0.2, -0.15) is 0 Å². The van der Waals surface area contributed by atoms with E-state index in [1.54, 1.807) is 6.07 Å². The predicted octanol–water partition coefficient (Wildman–Crippen LogP) is 1.43. The Morgan fingerprint density at radius 3 is 2.33 bits per heavy atom. The molecule has 0 unspecified atom stereocenters. The maximum atomic E-state index is 14.3. The molecule has 0 aliphatic carbocycles. The zero-order valence-corrected chi connectivity index (χ0v) is 15.9. The Labute approximate surface area is 158 Å². The molecule has 2 aliphatic heterocycles. The Morgan fingerprint density at radius 1 is 1.08 bits per heavy atom. The lowest BCUT2D eigenvalue weighted by atomic mass is 10.1. The van der Waals surface area contributed by atoms with Crippen LogP contribution in [-0.2, 0) is 16.0 Å². The number of nitrogens with zero attached hydrogens (tertiary/aromatic N) is 3. The quantitative estimate of drug-likeness (QED) is 0.429. The summed E-state index contributed by atoms with van der Waals surface area (Å²) >= 11 is 0. The number of ether oxygens (including phenoxy) is 2. The fourth-order valence-corrected chi connectivity index (χ4v) is 2.77. The Morgan fingerprint density at radius 2 is 1.71 bits per heavy atom. The van der Waals surface area contributed by atoms with E-state index in [4.69, 9.17) is 15.2 Å². The normalized spacial score (nSPS) is 19.1. The number of hydrogen-bond donors (Lipinski definition) is 1. The number of rotatable bonds is 3. The topological polar surface area (TPSA) is 63.3 Å². The summed E-state index contributed by atoms with van der Waals surface area (Å²) in [5, 5.41) is 0. The van der Waals surface area contributed by atoms with Crippen molar-refractivity contribution >= 4 is 35.6 Å². The molecule has 2 aliphatic rings. The maximum Gasteiger partial charge on any atom is 0.191 e. The SMILES string of the molecule is I.NC(=NCc1ccc(N2CCOCC2)c(F)c1)N1CCOCC1. The van der Waals surface area contributed by atoms with E-state index in [9.17, 15) is 4.39 Å². The average Bonchev–Trinajstić information content (AvgIpc) is 2.61. The number of benzene rings is 1. The van der Waals surface area contributed by atoms with Gasteiger partial charge in [0.25, 0.3) is 0 Å². The summed E-state index contributed by atoms with van der Waals surface area (Å²) in [6.07, 6.45) is 0. The fraction of sp³-hybridized carbons (Fsp3) is 0.562. The van der Waals surface area contributed by atoms with Crippen LogP contribution >= 0.6 is 24.0 Å². The molecule has 2 fully saturated rings. The molecule has 0 spiro atoms. The van der Waals surface area contributed by atoms with Crippen molar-refractivity contribution in [3.05, 3.63) is 29.6 Å². The third kappa shape index (κ3) is 4.93. The van der Waals surface area contributed by atoms with Crippen molar-refractivity contribution in [2.75, 3.05) is 57.5 Å². The minimum Gasteiger partial charge on any atom is -0.378 e. The number of anilines is 1. The third-order valence-electron chi connectivity index (χ3n) is 4.12. The minimum atomic E-state index is -0.218. The van der Waals surface area contributed by atoms with E-state index in [1.807, 2.05) is 21.9 Å². The van der Waals surface area contributed by atoms with Crippen molar-refractivity contribution < 1.29 is 13.9 Å². The summed E-state index contributed by atoms with van der Waals surface area (Å²) in [5.41, 5.74) is 7.43. The van der Waals surface area contributed by atoms with Gasteiger partial charge in [0.05, 0.1) is 38.7 Å². The highest BCUT2D eigenvalue weighted by Crippen LogP contribution is 2.22. The molecule has 0 bridgehead atoms. The third-order valence-corrected chi connectivity index (χ3v) is 4.12. The molecule has 1 aromatic rings. The van der Waals surface area contributed by atoms with Crippen LogP contribution in [0.25, 0.3) is 0 Å². The van der Waals surface area contributed by atoms with E-state index in [2.05, 4.69) is 4.99 Å². The van der Waals surface area contributed by atoms with Crippen molar-refractivity contribution in [3.63, 3.8) is 0 Å². The van der Waals surface area contributed by atoms with Gasteiger partial charge in [-0.05, 0) is 17.7 Å². The van der Waals surface area contributed by atoms with Crippen molar-refractivity contribution in [2.24, 2.45) is 10.7 Å². The van der Waals surface area contributed by atoms with Crippen LogP contribution in [0.5, 0.6) is 0 Å². The largest absolute Gasteiger partial charge is 0.378 e. The van der Waals surface area contributed by atoms with E-state index in [1.165, 1.54) is 0 Å². The van der Waals surface area contributed by atoms with E-state index in [0.717, 1.165) is 31.7 Å². The Bertz CT molecular complexity index is 561. The lowest BCUT2D eigenvalue weighted by Gasteiger charge is -2.29. The van der Waals surface area contributed by atoms with Gasteiger partial charge in [-0.3, -0.25) is 0 Å². The number of nitrogens with two attached hydrogens (primary N) is 1. The lowest BCUT2D eigenvalue weighted by Crippen LogP contribution is -2.44. The molecule has 6 nitrogen and oxygen atoms in total. The summed E-state index contributed by atoms with van der Waals surface area (Å²) in [7, 11) is 0. The van der Waals surface area contributed by atoms with Crippen LogP contribution in [0.3, 0.4) is 0 Å². The highest BCUT2D eigenvalue weighted by molar-refractivity contribution is 14.0. The van der Waals surface area contributed by atoms with Crippen LogP contribution in [-0.4, -0.2) is 63.5 Å². The molecule has 2 N–H and O–H groups in total. The van der Waals surface area contributed by atoms with Crippen molar-refractivity contribution in [1.82, 2.24) is 4.90 Å². The van der Waals surface area contributed by atoms with E-state index in [0.29, 0.717) is 44.6 Å². The van der Waals surface area contributed by atoms with Gasteiger partial charge in [0.2, 0.25) is 0 Å². The van der Waals surface area contributed by atoms with Gasteiger partial charge in [-0.25, -0.2) is 9.38 Å². The zero-order chi connectivity index (χ0) is 16.1. The lowest BCUT2D eigenvalue weighted by molar-refractivity contribution is 0.0674. The monoisotopic (exact) mass is 450 g/mol. The summed E-state index contributed by atoms with van der Waals surface area (Å²) in [6.45, 7) is 5.93. The van der Waals surface area contributed by atoms with Crippen LogP contribution in [0, 0.1) is 5.82 Å². The average molecular weight is 450 g/mol. The number of aliphatic imine (C=N–C) groups is 1. The van der Waals surface area contributed by atoms with Crippen LogP contribution < -0.4 is 10.6 Å². The van der Waals surface area contributed by atoms with E-state index >= 15 is 0 Å². The molecule has 2 heterocycles. The van der Waals surface area contributed by atoms with Gasteiger partial charge >= 0.3 is 0 Å². The van der Waals surface area contributed by atoms with Gasteiger partial charge in [0.1, 0.15) is 5.82 Å². The van der Waals surface area contributed by atoms with Crippen LogP contribution in [0.2, 0.25) is 0 Å². The second kappa shape index (κ2) is 9.38. The first-order chi connectivity index (χ1) is 11.2. The number of morpholine rings is 2. The molecule has 8 heteroatoms. The van der Waals surface area contributed by atoms with Crippen molar-refractivity contribution in [3.8, 4) is 0 Å². The molecule has 0 saturated carbocycles. The Balaban J connectivity index is 0.00000208. The molecule has 0 aromatic heterocycles. The van der Waals surface area contributed by atoms with Gasteiger partial charge in [-0.1, -0.05) is 6.07 Å². The molecule has 1 aromatic carbocycles. The molecular weight excluding hydrogens is 426 g/mol. The molecular formula is C16H24FIN4O2. The fourth-order valence-electron chi connectivity index (χ4n) is 2.77. The summed E-state index contributed by atoms with van der Waals surface area (Å²) in [5.74, 6) is 0.274. The molecule has 24 heavy (non-hydrogen) atoms. The summed E-state index contributed by atoms with van der Waals surface area (Å²) < 4.78 is 24.9. The first-order valence-electron chi connectivity index (χ1n) is 7.98. The minimum absolute atomic E-state index is 0. The molecule has 0 radical (unpaired) electrons. The Kier molecular flexibility index (Phi) is 7.50. The van der Waals surface area contributed by atoms with Gasteiger partial charge < -0.3 is 25.0 Å². The van der Waals surface area contributed by atoms with E-state index < -0.39 is 0 Å². The zero-order valence-electron chi connectivity index (χ0n) is 13.6.